The van der Waals surface area contributed by atoms with Crippen molar-refractivity contribution in [3.8, 4) is 0 Å². The quantitative estimate of drug-likeness (QED) is 0.770. The predicted octanol–water partition coefficient (Wildman–Crippen LogP) is 4.34. The molecule has 0 aromatic heterocycles. The number of sulfonamides is 1. The van der Waals surface area contributed by atoms with Crippen molar-refractivity contribution in [3.63, 3.8) is 0 Å². The predicted molar refractivity (Wildman–Crippen MR) is 87.3 cm³/mol. The van der Waals surface area contributed by atoms with E-state index >= 15 is 0 Å². The zero-order valence-corrected chi connectivity index (χ0v) is 14.9. The standard InChI is InChI=1S/C13H10Br2ClNO2S/c14-10-3-1-9(2-4-10)8-17-20(18,19)13-6-5-11(15)7-12(13)16/h1-7,17H,8H2. The SMILES string of the molecule is O=S(=O)(NCc1ccc(Br)cc1)c1ccc(Br)cc1Cl. The second-order valence-corrected chi connectivity index (χ2v) is 8.00. The van der Waals surface area contributed by atoms with Crippen LogP contribution in [0.15, 0.2) is 56.3 Å². The summed E-state index contributed by atoms with van der Waals surface area (Å²) in [4.78, 5) is 0.0690. The first-order valence-corrected chi connectivity index (χ1v) is 9.02. The highest BCUT2D eigenvalue weighted by Crippen LogP contribution is 2.25. The maximum atomic E-state index is 12.2. The lowest BCUT2D eigenvalue weighted by molar-refractivity contribution is 0.581. The zero-order chi connectivity index (χ0) is 14.8. The highest BCUT2D eigenvalue weighted by molar-refractivity contribution is 9.10. The van der Waals surface area contributed by atoms with Gasteiger partial charge in [-0.1, -0.05) is 55.6 Å². The third kappa shape index (κ3) is 4.05. The van der Waals surface area contributed by atoms with Gasteiger partial charge < -0.3 is 0 Å². The molecule has 0 aliphatic carbocycles. The summed E-state index contributed by atoms with van der Waals surface area (Å²) in [5, 5.41) is 0.183. The molecule has 20 heavy (non-hydrogen) atoms. The van der Waals surface area contributed by atoms with Gasteiger partial charge in [-0.15, -0.1) is 0 Å². The van der Waals surface area contributed by atoms with Crippen LogP contribution in [0.1, 0.15) is 5.56 Å². The fourth-order valence-electron chi connectivity index (χ4n) is 1.55. The van der Waals surface area contributed by atoms with Crippen molar-refractivity contribution >= 4 is 53.5 Å². The topological polar surface area (TPSA) is 46.2 Å². The Bertz CT molecular complexity index is 718. The number of hydrogen-bond acceptors (Lipinski definition) is 2. The molecule has 106 valence electrons. The monoisotopic (exact) mass is 437 g/mol. The van der Waals surface area contributed by atoms with E-state index in [1.54, 1.807) is 12.1 Å². The van der Waals surface area contributed by atoms with E-state index in [9.17, 15) is 8.42 Å². The molecule has 2 aromatic carbocycles. The smallest absolute Gasteiger partial charge is 0.207 e. The van der Waals surface area contributed by atoms with Crippen LogP contribution in [0.5, 0.6) is 0 Å². The summed E-state index contributed by atoms with van der Waals surface area (Å²) in [6, 6.07) is 12.1. The zero-order valence-electron chi connectivity index (χ0n) is 10.1. The van der Waals surface area contributed by atoms with Crippen molar-refractivity contribution in [2.45, 2.75) is 11.4 Å². The van der Waals surface area contributed by atoms with Gasteiger partial charge in [0, 0.05) is 15.5 Å². The van der Waals surface area contributed by atoms with Crippen LogP contribution in [0.25, 0.3) is 0 Å². The van der Waals surface area contributed by atoms with E-state index in [0.29, 0.717) is 0 Å². The van der Waals surface area contributed by atoms with Gasteiger partial charge in [0.25, 0.3) is 0 Å². The first-order chi connectivity index (χ1) is 9.38. The van der Waals surface area contributed by atoms with Crippen molar-refractivity contribution in [3.05, 3.63) is 62.0 Å². The average Bonchev–Trinajstić information content (AvgIpc) is 2.37. The van der Waals surface area contributed by atoms with Crippen molar-refractivity contribution in [1.82, 2.24) is 4.72 Å². The van der Waals surface area contributed by atoms with Crippen molar-refractivity contribution in [2.75, 3.05) is 0 Å². The summed E-state index contributed by atoms with van der Waals surface area (Å²) in [7, 11) is -3.63. The molecule has 0 bridgehead atoms. The van der Waals surface area contributed by atoms with Gasteiger partial charge >= 0.3 is 0 Å². The van der Waals surface area contributed by atoms with E-state index in [4.69, 9.17) is 11.6 Å². The van der Waals surface area contributed by atoms with Gasteiger partial charge in [0.2, 0.25) is 10.0 Å². The number of benzene rings is 2. The molecule has 0 heterocycles. The van der Waals surface area contributed by atoms with Gasteiger partial charge in [-0.05, 0) is 35.9 Å². The molecule has 0 aliphatic rings. The lowest BCUT2D eigenvalue weighted by atomic mass is 10.2. The molecule has 0 unspecified atom stereocenters. The second kappa shape index (κ2) is 6.58. The fourth-order valence-corrected chi connectivity index (χ4v) is 3.87. The van der Waals surface area contributed by atoms with E-state index in [0.717, 1.165) is 14.5 Å². The summed E-state index contributed by atoms with van der Waals surface area (Å²) in [6.45, 7) is 0.210. The summed E-state index contributed by atoms with van der Waals surface area (Å²) in [6.07, 6.45) is 0. The number of halogens is 3. The van der Waals surface area contributed by atoms with Gasteiger partial charge in [0.15, 0.2) is 0 Å². The first kappa shape index (κ1) is 16.0. The van der Waals surface area contributed by atoms with Crippen LogP contribution in [-0.4, -0.2) is 8.42 Å². The van der Waals surface area contributed by atoms with Gasteiger partial charge in [0.05, 0.1) is 5.02 Å². The Balaban J connectivity index is 2.17. The Hall–Kier alpha value is -0.400. The lowest BCUT2D eigenvalue weighted by Gasteiger charge is -2.09. The molecule has 0 radical (unpaired) electrons. The molecule has 7 heteroatoms. The van der Waals surface area contributed by atoms with E-state index in [-0.39, 0.29) is 16.5 Å². The highest BCUT2D eigenvalue weighted by Gasteiger charge is 2.17. The van der Waals surface area contributed by atoms with Crippen molar-refractivity contribution in [2.24, 2.45) is 0 Å². The van der Waals surface area contributed by atoms with Crippen LogP contribution >= 0.6 is 43.5 Å². The average molecular weight is 440 g/mol. The molecular weight excluding hydrogens is 429 g/mol. The van der Waals surface area contributed by atoms with Crippen LogP contribution in [0.4, 0.5) is 0 Å². The first-order valence-electron chi connectivity index (χ1n) is 5.58. The van der Waals surface area contributed by atoms with Gasteiger partial charge in [-0.2, -0.15) is 0 Å². The number of nitrogens with one attached hydrogen (secondary N) is 1. The minimum Gasteiger partial charge on any atom is -0.207 e. The molecule has 0 spiro atoms. The molecule has 0 fully saturated rings. The largest absolute Gasteiger partial charge is 0.242 e. The summed E-state index contributed by atoms with van der Waals surface area (Å²) < 4.78 is 28.6. The Kier molecular flexibility index (Phi) is 5.25. The summed E-state index contributed by atoms with van der Waals surface area (Å²) >= 11 is 12.5. The minimum absolute atomic E-state index is 0.0690. The Labute approximate surface area is 139 Å². The van der Waals surface area contributed by atoms with Crippen LogP contribution < -0.4 is 4.72 Å². The maximum absolute atomic E-state index is 12.2. The molecule has 0 saturated heterocycles. The molecular formula is C13H10Br2ClNO2S. The normalized spacial score (nSPS) is 11.6. The van der Waals surface area contributed by atoms with Crippen LogP contribution in [0.3, 0.4) is 0 Å². The minimum atomic E-state index is -3.63. The Morgan fingerprint density at radius 1 is 1.00 bits per heavy atom. The molecule has 0 aliphatic heterocycles. The van der Waals surface area contributed by atoms with Gasteiger partial charge in [-0.25, -0.2) is 13.1 Å². The lowest BCUT2D eigenvalue weighted by Crippen LogP contribution is -2.23. The molecule has 1 N–H and O–H groups in total. The van der Waals surface area contributed by atoms with Crippen LogP contribution in [-0.2, 0) is 16.6 Å². The summed E-state index contributed by atoms with van der Waals surface area (Å²) in [5.41, 5.74) is 0.866. The molecule has 0 atom stereocenters. The molecule has 0 amide bonds. The van der Waals surface area contributed by atoms with Crippen molar-refractivity contribution in [1.29, 1.82) is 0 Å². The van der Waals surface area contributed by atoms with E-state index in [1.165, 1.54) is 6.07 Å². The van der Waals surface area contributed by atoms with Gasteiger partial charge in [-0.3, -0.25) is 0 Å². The Morgan fingerprint density at radius 3 is 2.20 bits per heavy atom. The fraction of sp³-hybridized carbons (Fsp3) is 0.0769. The molecule has 3 nitrogen and oxygen atoms in total. The van der Waals surface area contributed by atoms with E-state index in [1.807, 2.05) is 24.3 Å². The second-order valence-electron chi connectivity index (χ2n) is 4.03. The number of hydrogen-bond donors (Lipinski definition) is 1. The number of rotatable bonds is 4. The maximum Gasteiger partial charge on any atom is 0.242 e. The van der Waals surface area contributed by atoms with Crippen molar-refractivity contribution < 1.29 is 8.42 Å². The Morgan fingerprint density at radius 2 is 1.60 bits per heavy atom. The highest BCUT2D eigenvalue weighted by atomic mass is 79.9. The van der Waals surface area contributed by atoms with E-state index < -0.39 is 10.0 Å². The summed E-state index contributed by atoms with van der Waals surface area (Å²) in [5.74, 6) is 0. The van der Waals surface area contributed by atoms with E-state index in [2.05, 4.69) is 36.6 Å². The third-order valence-corrected chi connectivity index (χ3v) is 5.47. The molecule has 0 saturated carbocycles. The molecule has 2 aromatic rings. The third-order valence-electron chi connectivity index (χ3n) is 2.56. The molecule has 2 rings (SSSR count). The van der Waals surface area contributed by atoms with Crippen LogP contribution in [0, 0.1) is 0 Å². The van der Waals surface area contributed by atoms with Gasteiger partial charge in [0.1, 0.15) is 4.90 Å². The van der Waals surface area contributed by atoms with Crippen LogP contribution in [0.2, 0.25) is 5.02 Å².